The summed E-state index contributed by atoms with van der Waals surface area (Å²) in [6.07, 6.45) is 0. The number of rotatable bonds is 1. The van der Waals surface area contributed by atoms with E-state index >= 15 is 0 Å². The molecule has 0 spiro atoms. The van der Waals surface area contributed by atoms with Crippen molar-refractivity contribution in [3.05, 3.63) is 29.6 Å². The molecular weight excluding hydrogens is 181 g/mol. The maximum absolute atomic E-state index is 13.3. The van der Waals surface area contributed by atoms with Crippen molar-refractivity contribution in [2.24, 2.45) is 0 Å². The number of ether oxygens (including phenoxy) is 1. The molecule has 1 aromatic rings. The first kappa shape index (κ1) is 9.46. The fourth-order valence-electron chi connectivity index (χ4n) is 1.74. The molecule has 3 heteroatoms. The van der Waals surface area contributed by atoms with Crippen LogP contribution in [0.25, 0.3) is 0 Å². The molecule has 0 unspecified atom stereocenters. The molecule has 1 heterocycles. The van der Waals surface area contributed by atoms with Crippen LogP contribution < -0.4 is 4.90 Å². The molecule has 0 radical (unpaired) electrons. The van der Waals surface area contributed by atoms with E-state index in [1.165, 1.54) is 6.07 Å². The highest BCUT2D eigenvalue weighted by atomic mass is 19.1. The number of morpholine rings is 1. The predicted octanol–water partition coefficient (Wildman–Crippen LogP) is 1.97. The Bertz CT molecular complexity index is 321. The topological polar surface area (TPSA) is 12.5 Å². The Morgan fingerprint density at radius 2 is 2.00 bits per heavy atom. The van der Waals surface area contributed by atoms with Crippen molar-refractivity contribution in [1.29, 1.82) is 0 Å². The average Bonchev–Trinajstić information content (AvgIpc) is 2.23. The normalized spacial score (nSPS) is 17.1. The number of hydrogen-bond acceptors (Lipinski definition) is 2. The summed E-state index contributed by atoms with van der Waals surface area (Å²) in [5.74, 6) is -0.131. The number of nitrogens with zero attached hydrogens (tertiary/aromatic N) is 1. The van der Waals surface area contributed by atoms with E-state index in [2.05, 4.69) is 4.90 Å². The van der Waals surface area contributed by atoms with Crippen LogP contribution in [0.15, 0.2) is 18.2 Å². The summed E-state index contributed by atoms with van der Waals surface area (Å²) in [6.45, 7) is 4.99. The quantitative estimate of drug-likeness (QED) is 0.679. The maximum atomic E-state index is 13.3. The Hall–Kier alpha value is -1.09. The highest BCUT2D eigenvalue weighted by molar-refractivity contribution is 5.53. The van der Waals surface area contributed by atoms with Crippen molar-refractivity contribution in [3.8, 4) is 0 Å². The third-order valence-electron chi connectivity index (χ3n) is 2.59. The summed E-state index contributed by atoms with van der Waals surface area (Å²) in [5, 5.41) is 0. The van der Waals surface area contributed by atoms with Crippen LogP contribution >= 0.6 is 0 Å². The lowest BCUT2D eigenvalue weighted by molar-refractivity contribution is 0.122. The fraction of sp³-hybridized carbons (Fsp3) is 0.455. The van der Waals surface area contributed by atoms with E-state index in [-0.39, 0.29) is 5.82 Å². The molecule has 0 N–H and O–H groups in total. The zero-order valence-electron chi connectivity index (χ0n) is 8.29. The zero-order chi connectivity index (χ0) is 9.97. The highest BCUT2D eigenvalue weighted by Gasteiger charge is 2.14. The van der Waals surface area contributed by atoms with Crippen LogP contribution in [-0.4, -0.2) is 26.3 Å². The zero-order valence-corrected chi connectivity index (χ0v) is 8.29. The van der Waals surface area contributed by atoms with Crippen LogP contribution in [0.2, 0.25) is 0 Å². The monoisotopic (exact) mass is 195 g/mol. The third-order valence-corrected chi connectivity index (χ3v) is 2.59. The van der Waals surface area contributed by atoms with Gasteiger partial charge in [0, 0.05) is 24.3 Å². The summed E-state index contributed by atoms with van der Waals surface area (Å²) in [5.41, 5.74) is 1.72. The Morgan fingerprint density at radius 3 is 2.71 bits per heavy atom. The lowest BCUT2D eigenvalue weighted by Gasteiger charge is -2.30. The lowest BCUT2D eigenvalue weighted by atomic mass is 10.1. The van der Waals surface area contributed by atoms with E-state index in [1.54, 1.807) is 6.07 Å². The van der Waals surface area contributed by atoms with Gasteiger partial charge in [0.05, 0.1) is 13.2 Å². The van der Waals surface area contributed by atoms with Crippen LogP contribution in [0, 0.1) is 12.7 Å². The molecule has 1 aromatic carbocycles. The first-order valence-electron chi connectivity index (χ1n) is 4.87. The largest absolute Gasteiger partial charge is 0.378 e. The molecule has 1 fully saturated rings. The van der Waals surface area contributed by atoms with Gasteiger partial charge in [-0.05, 0) is 19.1 Å². The standard InChI is InChI=1S/C11H14FNO/c1-9-10(12)3-2-4-11(9)13-5-7-14-8-6-13/h2-4H,5-8H2,1H3. The van der Waals surface area contributed by atoms with E-state index in [9.17, 15) is 4.39 Å². The second-order valence-corrected chi connectivity index (χ2v) is 3.48. The van der Waals surface area contributed by atoms with Gasteiger partial charge in [0.2, 0.25) is 0 Å². The molecule has 0 atom stereocenters. The van der Waals surface area contributed by atoms with Gasteiger partial charge in [0.1, 0.15) is 5.82 Å². The second kappa shape index (κ2) is 3.96. The molecule has 0 aromatic heterocycles. The molecule has 1 saturated heterocycles. The van der Waals surface area contributed by atoms with E-state index in [1.807, 2.05) is 13.0 Å². The SMILES string of the molecule is Cc1c(F)cccc1N1CCOCC1. The number of anilines is 1. The van der Waals surface area contributed by atoms with Gasteiger partial charge in [-0.2, -0.15) is 0 Å². The van der Waals surface area contributed by atoms with Crippen LogP contribution in [0.1, 0.15) is 5.56 Å². The van der Waals surface area contributed by atoms with E-state index < -0.39 is 0 Å². The van der Waals surface area contributed by atoms with Crippen LogP contribution in [0.5, 0.6) is 0 Å². The van der Waals surface area contributed by atoms with Gasteiger partial charge in [-0.3, -0.25) is 0 Å². The predicted molar refractivity (Wildman–Crippen MR) is 54.2 cm³/mol. The van der Waals surface area contributed by atoms with Gasteiger partial charge in [0.25, 0.3) is 0 Å². The molecule has 2 nitrogen and oxygen atoms in total. The Balaban J connectivity index is 2.26. The Kier molecular flexibility index (Phi) is 2.68. The minimum atomic E-state index is -0.131. The van der Waals surface area contributed by atoms with E-state index in [0.717, 1.165) is 37.6 Å². The molecule has 0 saturated carbocycles. The van der Waals surface area contributed by atoms with Crippen LogP contribution in [0.3, 0.4) is 0 Å². The van der Waals surface area contributed by atoms with E-state index in [0.29, 0.717) is 0 Å². The molecule has 1 aliphatic rings. The van der Waals surface area contributed by atoms with Gasteiger partial charge >= 0.3 is 0 Å². The molecule has 2 rings (SSSR count). The molecule has 1 aliphatic heterocycles. The van der Waals surface area contributed by atoms with Crippen molar-refractivity contribution >= 4 is 5.69 Å². The van der Waals surface area contributed by atoms with Gasteiger partial charge in [-0.25, -0.2) is 4.39 Å². The van der Waals surface area contributed by atoms with Crippen LogP contribution in [0.4, 0.5) is 10.1 Å². The van der Waals surface area contributed by atoms with Gasteiger partial charge in [0.15, 0.2) is 0 Å². The smallest absolute Gasteiger partial charge is 0.128 e. The van der Waals surface area contributed by atoms with Crippen LogP contribution in [-0.2, 0) is 4.74 Å². The lowest BCUT2D eigenvalue weighted by Crippen LogP contribution is -2.36. The molecule has 0 aliphatic carbocycles. The van der Waals surface area contributed by atoms with Gasteiger partial charge < -0.3 is 9.64 Å². The summed E-state index contributed by atoms with van der Waals surface area (Å²) in [6, 6.07) is 5.22. The summed E-state index contributed by atoms with van der Waals surface area (Å²) < 4.78 is 18.5. The van der Waals surface area contributed by atoms with E-state index in [4.69, 9.17) is 4.74 Å². The molecule has 0 amide bonds. The molecule has 0 bridgehead atoms. The van der Waals surface area contributed by atoms with Crippen molar-refractivity contribution in [1.82, 2.24) is 0 Å². The average molecular weight is 195 g/mol. The fourth-order valence-corrected chi connectivity index (χ4v) is 1.74. The molecule has 14 heavy (non-hydrogen) atoms. The first-order chi connectivity index (χ1) is 6.79. The van der Waals surface area contributed by atoms with Crippen molar-refractivity contribution in [3.63, 3.8) is 0 Å². The molecular formula is C11H14FNO. The third kappa shape index (κ3) is 1.73. The minimum Gasteiger partial charge on any atom is -0.378 e. The van der Waals surface area contributed by atoms with Crippen molar-refractivity contribution < 1.29 is 9.13 Å². The summed E-state index contributed by atoms with van der Waals surface area (Å²) in [4.78, 5) is 2.17. The molecule has 76 valence electrons. The summed E-state index contributed by atoms with van der Waals surface area (Å²) >= 11 is 0. The summed E-state index contributed by atoms with van der Waals surface area (Å²) in [7, 11) is 0. The van der Waals surface area contributed by atoms with Gasteiger partial charge in [-0.1, -0.05) is 6.07 Å². The second-order valence-electron chi connectivity index (χ2n) is 3.48. The van der Waals surface area contributed by atoms with Crippen molar-refractivity contribution in [2.45, 2.75) is 6.92 Å². The number of halogens is 1. The minimum absolute atomic E-state index is 0.131. The number of hydrogen-bond donors (Lipinski definition) is 0. The van der Waals surface area contributed by atoms with Gasteiger partial charge in [-0.15, -0.1) is 0 Å². The van der Waals surface area contributed by atoms with Crippen molar-refractivity contribution in [2.75, 3.05) is 31.2 Å². The maximum Gasteiger partial charge on any atom is 0.128 e. The first-order valence-corrected chi connectivity index (χ1v) is 4.87. The Labute approximate surface area is 83.3 Å². The Morgan fingerprint density at radius 1 is 1.29 bits per heavy atom. The highest BCUT2D eigenvalue weighted by Crippen LogP contribution is 2.22. The number of benzene rings is 1.